The number of nitrogens with two attached hydrogens (primary N) is 1. The second kappa shape index (κ2) is 9.01. The van der Waals surface area contributed by atoms with E-state index in [1.54, 1.807) is 0 Å². The van der Waals surface area contributed by atoms with Gasteiger partial charge in [0.2, 0.25) is 5.91 Å². The second-order valence-corrected chi connectivity index (χ2v) is 6.16. The van der Waals surface area contributed by atoms with Crippen LogP contribution in [0.5, 0.6) is 0 Å². The summed E-state index contributed by atoms with van der Waals surface area (Å²) in [5.41, 5.74) is 7.78. The first-order valence-electron chi connectivity index (χ1n) is 7.86. The van der Waals surface area contributed by atoms with Crippen LogP contribution in [0.15, 0.2) is 24.3 Å². The standard InChI is InChI=1S/C17H26N2O2.ClH/c18-15-6-2-1-5-14(15)7-8-16(21)19-13-17(11-12-20)9-3-4-10-17;/h1-2,5-6,20H,3-4,7-13,18H2,(H,19,21);1H. The number of hydrogen-bond donors (Lipinski definition) is 3. The van der Waals surface area contributed by atoms with Crippen molar-refractivity contribution in [3.63, 3.8) is 0 Å². The highest BCUT2D eigenvalue weighted by molar-refractivity contribution is 5.85. The number of anilines is 1. The van der Waals surface area contributed by atoms with Crippen molar-refractivity contribution in [2.45, 2.75) is 44.9 Å². The predicted molar refractivity (Wildman–Crippen MR) is 92.0 cm³/mol. The quantitative estimate of drug-likeness (QED) is 0.674. The molecule has 0 radical (unpaired) electrons. The third-order valence-corrected chi connectivity index (χ3v) is 4.64. The first-order valence-corrected chi connectivity index (χ1v) is 7.86. The molecule has 0 aromatic heterocycles. The number of amides is 1. The van der Waals surface area contributed by atoms with Crippen LogP contribution in [0.3, 0.4) is 0 Å². The molecule has 4 N–H and O–H groups in total. The van der Waals surface area contributed by atoms with Gasteiger partial charge in [-0.15, -0.1) is 12.4 Å². The van der Waals surface area contributed by atoms with Gasteiger partial charge in [-0.1, -0.05) is 31.0 Å². The molecule has 22 heavy (non-hydrogen) atoms. The van der Waals surface area contributed by atoms with E-state index < -0.39 is 0 Å². The van der Waals surface area contributed by atoms with E-state index in [2.05, 4.69) is 5.32 Å². The van der Waals surface area contributed by atoms with E-state index in [0.29, 0.717) is 19.4 Å². The molecule has 1 aromatic rings. The molecular weight excluding hydrogens is 300 g/mol. The Morgan fingerprint density at radius 2 is 1.95 bits per heavy atom. The number of carbonyl (C=O) groups excluding carboxylic acids is 1. The molecule has 1 aromatic carbocycles. The van der Waals surface area contributed by atoms with E-state index in [1.165, 1.54) is 12.8 Å². The summed E-state index contributed by atoms with van der Waals surface area (Å²) in [6.45, 7) is 0.896. The van der Waals surface area contributed by atoms with E-state index in [9.17, 15) is 9.90 Å². The summed E-state index contributed by atoms with van der Waals surface area (Å²) in [5, 5.41) is 12.3. The van der Waals surface area contributed by atoms with Crippen molar-refractivity contribution in [2.24, 2.45) is 5.41 Å². The molecule has 1 aliphatic carbocycles. The normalized spacial score (nSPS) is 16.0. The van der Waals surface area contributed by atoms with Gasteiger partial charge >= 0.3 is 0 Å². The van der Waals surface area contributed by atoms with Crippen LogP contribution in [0.2, 0.25) is 0 Å². The Morgan fingerprint density at radius 1 is 1.27 bits per heavy atom. The maximum absolute atomic E-state index is 12.0. The number of aryl methyl sites for hydroxylation is 1. The number of rotatable bonds is 7. The predicted octanol–water partition coefficient (Wildman–Crippen LogP) is 2.68. The van der Waals surface area contributed by atoms with Gasteiger partial charge < -0.3 is 16.2 Å². The highest BCUT2D eigenvalue weighted by Crippen LogP contribution is 2.40. The highest BCUT2D eigenvalue weighted by Gasteiger charge is 2.33. The van der Waals surface area contributed by atoms with Crippen molar-refractivity contribution < 1.29 is 9.90 Å². The zero-order valence-electron chi connectivity index (χ0n) is 13.0. The lowest BCUT2D eigenvalue weighted by atomic mass is 9.83. The van der Waals surface area contributed by atoms with Crippen molar-refractivity contribution in [1.29, 1.82) is 0 Å². The topological polar surface area (TPSA) is 75.4 Å². The number of benzene rings is 1. The van der Waals surface area contributed by atoms with Crippen LogP contribution in [0.4, 0.5) is 5.69 Å². The van der Waals surface area contributed by atoms with Crippen LogP contribution in [0.1, 0.15) is 44.1 Å². The van der Waals surface area contributed by atoms with Gasteiger partial charge in [0.1, 0.15) is 0 Å². The van der Waals surface area contributed by atoms with Crippen LogP contribution in [-0.4, -0.2) is 24.2 Å². The Balaban J connectivity index is 0.00000242. The molecule has 0 saturated heterocycles. The minimum absolute atomic E-state index is 0. The van der Waals surface area contributed by atoms with Crippen molar-refractivity contribution in [1.82, 2.24) is 5.32 Å². The summed E-state index contributed by atoms with van der Waals surface area (Å²) in [5.74, 6) is 0.0717. The molecule has 1 aliphatic rings. The average Bonchev–Trinajstić information content (AvgIpc) is 2.94. The SMILES string of the molecule is Cl.Nc1ccccc1CCC(=O)NCC1(CCO)CCCC1. The van der Waals surface area contributed by atoms with Gasteiger partial charge in [0, 0.05) is 25.3 Å². The first kappa shape index (κ1) is 18.8. The number of nitrogens with one attached hydrogen (secondary N) is 1. The Morgan fingerprint density at radius 3 is 2.59 bits per heavy atom. The van der Waals surface area contributed by atoms with Gasteiger partial charge in [-0.3, -0.25) is 4.79 Å². The number of nitrogen functional groups attached to an aromatic ring is 1. The fourth-order valence-corrected chi connectivity index (χ4v) is 3.26. The molecule has 124 valence electrons. The van der Waals surface area contributed by atoms with E-state index in [1.807, 2.05) is 24.3 Å². The van der Waals surface area contributed by atoms with Gasteiger partial charge in [-0.2, -0.15) is 0 Å². The monoisotopic (exact) mass is 326 g/mol. The third-order valence-electron chi connectivity index (χ3n) is 4.64. The summed E-state index contributed by atoms with van der Waals surface area (Å²) in [7, 11) is 0. The molecular formula is C17H27ClN2O2. The Bertz CT molecular complexity index is 473. The number of aliphatic hydroxyl groups excluding tert-OH is 1. The fourth-order valence-electron chi connectivity index (χ4n) is 3.26. The Kier molecular flexibility index (Phi) is 7.69. The average molecular weight is 327 g/mol. The maximum Gasteiger partial charge on any atom is 0.220 e. The molecule has 1 saturated carbocycles. The van der Waals surface area contributed by atoms with Crippen molar-refractivity contribution in [3.8, 4) is 0 Å². The Labute approximate surface area is 138 Å². The second-order valence-electron chi connectivity index (χ2n) is 6.16. The number of halogens is 1. The summed E-state index contributed by atoms with van der Waals surface area (Å²) < 4.78 is 0. The summed E-state index contributed by atoms with van der Waals surface area (Å²) >= 11 is 0. The molecule has 2 rings (SSSR count). The van der Waals surface area contributed by atoms with Gasteiger partial charge in [-0.05, 0) is 42.7 Å². The molecule has 0 atom stereocenters. The number of carbonyl (C=O) groups is 1. The van der Waals surface area contributed by atoms with E-state index in [-0.39, 0.29) is 30.3 Å². The van der Waals surface area contributed by atoms with E-state index in [4.69, 9.17) is 5.73 Å². The lowest BCUT2D eigenvalue weighted by Gasteiger charge is -2.28. The molecule has 0 aliphatic heterocycles. The zero-order chi connectivity index (χ0) is 15.1. The molecule has 0 heterocycles. The van der Waals surface area contributed by atoms with Crippen molar-refractivity contribution in [3.05, 3.63) is 29.8 Å². The van der Waals surface area contributed by atoms with Crippen LogP contribution in [0, 0.1) is 5.41 Å². The molecule has 1 fully saturated rings. The lowest BCUT2D eigenvalue weighted by Crippen LogP contribution is -2.36. The first-order chi connectivity index (χ1) is 10.2. The Hall–Kier alpha value is -1.26. The van der Waals surface area contributed by atoms with Crippen LogP contribution < -0.4 is 11.1 Å². The third kappa shape index (κ3) is 5.18. The largest absolute Gasteiger partial charge is 0.399 e. The lowest BCUT2D eigenvalue weighted by molar-refractivity contribution is -0.121. The number of hydrogen-bond acceptors (Lipinski definition) is 3. The van der Waals surface area contributed by atoms with E-state index in [0.717, 1.165) is 30.5 Å². The fraction of sp³-hybridized carbons (Fsp3) is 0.588. The van der Waals surface area contributed by atoms with Crippen molar-refractivity contribution in [2.75, 3.05) is 18.9 Å². The summed E-state index contributed by atoms with van der Waals surface area (Å²) in [6, 6.07) is 7.67. The molecule has 0 bridgehead atoms. The minimum atomic E-state index is 0. The zero-order valence-corrected chi connectivity index (χ0v) is 13.8. The number of aliphatic hydroxyl groups is 1. The van der Waals surface area contributed by atoms with Gasteiger partial charge in [-0.25, -0.2) is 0 Å². The van der Waals surface area contributed by atoms with Crippen molar-refractivity contribution >= 4 is 24.0 Å². The van der Waals surface area contributed by atoms with Crippen LogP contribution in [-0.2, 0) is 11.2 Å². The number of para-hydroxylation sites is 1. The molecule has 5 heteroatoms. The molecule has 0 unspecified atom stereocenters. The summed E-state index contributed by atoms with van der Waals surface area (Å²) in [6.07, 6.45) is 6.56. The van der Waals surface area contributed by atoms with Crippen LogP contribution >= 0.6 is 12.4 Å². The van der Waals surface area contributed by atoms with Gasteiger partial charge in [0.25, 0.3) is 0 Å². The molecule has 4 nitrogen and oxygen atoms in total. The molecule has 0 spiro atoms. The van der Waals surface area contributed by atoms with E-state index >= 15 is 0 Å². The smallest absolute Gasteiger partial charge is 0.220 e. The van der Waals surface area contributed by atoms with Gasteiger partial charge in [0.15, 0.2) is 0 Å². The highest BCUT2D eigenvalue weighted by atomic mass is 35.5. The van der Waals surface area contributed by atoms with Gasteiger partial charge in [0.05, 0.1) is 0 Å². The van der Waals surface area contributed by atoms with Crippen LogP contribution in [0.25, 0.3) is 0 Å². The summed E-state index contributed by atoms with van der Waals surface area (Å²) in [4.78, 5) is 12.0. The minimum Gasteiger partial charge on any atom is -0.399 e. The molecule has 1 amide bonds. The maximum atomic E-state index is 12.0.